The Hall–Kier alpha value is -3.15. The fourth-order valence-corrected chi connectivity index (χ4v) is 5.55. The Bertz CT molecular complexity index is 1170. The van der Waals surface area contributed by atoms with E-state index >= 15 is 0 Å². The first-order valence-corrected chi connectivity index (χ1v) is 12.2. The van der Waals surface area contributed by atoms with Crippen molar-refractivity contribution in [3.8, 4) is 0 Å². The van der Waals surface area contributed by atoms with Crippen LogP contribution in [0.2, 0.25) is 0 Å². The molecule has 0 N–H and O–H groups in total. The number of benzene rings is 3. The van der Waals surface area contributed by atoms with Gasteiger partial charge in [0.2, 0.25) is 0 Å². The van der Waals surface area contributed by atoms with Gasteiger partial charge in [-0.3, -0.25) is 0 Å². The summed E-state index contributed by atoms with van der Waals surface area (Å²) in [5.74, 6) is 0.0467. The Kier molecular flexibility index (Phi) is 6.88. The molecular formula is C27H27NO3S. The lowest BCUT2D eigenvalue weighted by molar-refractivity contribution is -0.0115. The number of hydrogen-bond donors (Lipinski definition) is 0. The van der Waals surface area contributed by atoms with Crippen LogP contribution < -0.4 is 0 Å². The fraction of sp³-hybridized carbons (Fsp3) is 0.185. The number of sulfonamides is 1. The van der Waals surface area contributed by atoms with Gasteiger partial charge in [0, 0.05) is 18.9 Å². The summed E-state index contributed by atoms with van der Waals surface area (Å²) in [6.07, 6.45) is 5.79. The van der Waals surface area contributed by atoms with Crippen molar-refractivity contribution in [2.75, 3.05) is 6.61 Å². The molecule has 4 nitrogen and oxygen atoms in total. The third kappa shape index (κ3) is 4.85. The first-order chi connectivity index (χ1) is 15.6. The smallest absolute Gasteiger partial charge is 0.266 e. The molecule has 0 spiro atoms. The van der Waals surface area contributed by atoms with Crippen molar-refractivity contribution in [1.82, 2.24) is 4.31 Å². The van der Waals surface area contributed by atoms with E-state index in [0.29, 0.717) is 18.7 Å². The summed E-state index contributed by atoms with van der Waals surface area (Å²) in [6.45, 7) is 2.31. The molecule has 3 aromatic carbocycles. The highest BCUT2D eigenvalue weighted by molar-refractivity contribution is 7.89. The van der Waals surface area contributed by atoms with Gasteiger partial charge in [-0.1, -0.05) is 91.0 Å². The number of rotatable bonds is 7. The van der Waals surface area contributed by atoms with E-state index in [-0.39, 0.29) is 10.8 Å². The van der Waals surface area contributed by atoms with E-state index in [1.165, 1.54) is 4.31 Å². The Morgan fingerprint density at radius 2 is 1.47 bits per heavy atom. The van der Waals surface area contributed by atoms with Gasteiger partial charge in [0.1, 0.15) is 6.23 Å². The van der Waals surface area contributed by atoms with Gasteiger partial charge in [0.15, 0.2) is 0 Å². The molecule has 3 aromatic rings. The van der Waals surface area contributed by atoms with Crippen molar-refractivity contribution in [2.45, 2.75) is 30.4 Å². The molecule has 32 heavy (non-hydrogen) atoms. The second-order valence-electron chi connectivity index (χ2n) is 7.61. The zero-order valence-corrected chi connectivity index (χ0v) is 18.9. The minimum atomic E-state index is -3.80. The summed E-state index contributed by atoms with van der Waals surface area (Å²) >= 11 is 0. The Morgan fingerprint density at radius 3 is 2.09 bits per heavy atom. The van der Waals surface area contributed by atoms with E-state index in [9.17, 15) is 8.42 Å². The molecule has 0 unspecified atom stereocenters. The maximum atomic E-state index is 13.7. The van der Waals surface area contributed by atoms with E-state index in [0.717, 1.165) is 11.1 Å². The molecule has 0 bridgehead atoms. The zero-order chi connectivity index (χ0) is 22.4. The number of ether oxygens (including phenoxy) is 1. The van der Waals surface area contributed by atoms with Gasteiger partial charge >= 0.3 is 0 Å². The molecule has 5 heteroatoms. The second-order valence-corrected chi connectivity index (χ2v) is 9.43. The van der Waals surface area contributed by atoms with E-state index < -0.39 is 16.3 Å². The quantitative estimate of drug-likeness (QED) is 0.460. The Labute approximate surface area is 190 Å². The Balaban J connectivity index is 1.82. The minimum absolute atomic E-state index is 0.0467. The van der Waals surface area contributed by atoms with Crippen LogP contribution in [0.25, 0.3) is 6.08 Å². The van der Waals surface area contributed by atoms with Crippen molar-refractivity contribution in [3.05, 3.63) is 120 Å². The number of nitrogens with zero attached hydrogens (tertiary/aromatic N) is 1. The first kappa shape index (κ1) is 22.1. The maximum Gasteiger partial charge on any atom is 0.266 e. The van der Waals surface area contributed by atoms with E-state index in [1.807, 2.05) is 79.7 Å². The average molecular weight is 446 g/mol. The van der Waals surface area contributed by atoms with Crippen molar-refractivity contribution in [1.29, 1.82) is 0 Å². The van der Waals surface area contributed by atoms with Gasteiger partial charge in [-0.25, -0.2) is 12.7 Å². The van der Waals surface area contributed by atoms with Gasteiger partial charge in [-0.15, -0.1) is 0 Å². The average Bonchev–Trinajstić information content (AvgIpc) is 2.84. The molecule has 164 valence electrons. The van der Waals surface area contributed by atoms with Crippen molar-refractivity contribution in [3.63, 3.8) is 0 Å². The predicted octanol–water partition coefficient (Wildman–Crippen LogP) is 5.82. The molecule has 0 amide bonds. The van der Waals surface area contributed by atoms with Crippen LogP contribution in [0, 0.1) is 0 Å². The van der Waals surface area contributed by atoms with Gasteiger partial charge in [0.05, 0.1) is 10.6 Å². The van der Waals surface area contributed by atoms with E-state index in [4.69, 9.17) is 4.74 Å². The number of allylic oxidation sites excluding steroid dienone is 2. The molecule has 2 atom stereocenters. The van der Waals surface area contributed by atoms with Crippen molar-refractivity contribution in [2.24, 2.45) is 0 Å². The topological polar surface area (TPSA) is 46.6 Å². The van der Waals surface area contributed by atoms with Crippen LogP contribution in [0.3, 0.4) is 0 Å². The largest absolute Gasteiger partial charge is 0.358 e. The van der Waals surface area contributed by atoms with Crippen LogP contribution in [0.15, 0.2) is 114 Å². The third-order valence-corrected chi connectivity index (χ3v) is 7.31. The SMILES string of the molecule is CCO[C@@H]1C[C@H](c2ccccc2)C=C(/C=C\c2ccccc2)N1S(=O)(=O)c1ccccc1. The van der Waals surface area contributed by atoms with E-state index in [2.05, 4.69) is 12.1 Å². The molecule has 0 aliphatic carbocycles. The zero-order valence-electron chi connectivity index (χ0n) is 18.0. The molecule has 0 saturated heterocycles. The third-order valence-electron chi connectivity index (χ3n) is 5.48. The van der Waals surface area contributed by atoms with Crippen LogP contribution >= 0.6 is 0 Å². The van der Waals surface area contributed by atoms with Crippen LogP contribution in [0.1, 0.15) is 30.4 Å². The summed E-state index contributed by atoms with van der Waals surface area (Å²) in [5, 5.41) is 0. The van der Waals surface area contributed by atoms with Crippen LogP contribution in [-0.4, -0.2) is 25.6 Å². The highest BCUT2D eigenvalue weighted by Gasteiger charge is 2.38. The second kappa shape index (κ2) is 9.98. The van der Waals surface area contributed by atoms with Gasteiger partial charge < -0.3 is 4.74 Å². The highest BCUT2D eigenvalue weighted by Crippen LogP contribution is 2.37. The molecule has 4 rings (SSSR count). The summed E-state index contributed by atoms with van der Waals surface area (Å²) in [6, 6.07) is 28.5. The lowest BCUT2D eigenvalue weighted by Crippen LogP contribution is -2.44. The maximum absolute atomic E-state index is 13.7. The van der Waals surface area contributed by atoms with Gasteiger partial charge in [0.25, 0.3) is 10.0 Å². The van der Waals surface area contributed by atoms with E-state index in [1.54, 1.807) is 24.3 Å². The minimum Gasteiger partial charge on any atom is -0.358 e. The Morgan fingerprint density at radius 1 is 0.875 bits per heavy atom. The molecule has 1 aliphatic heterocycles. The fourth-order valence-electron chi connectivity index (χ4n) is 3.96. The van der Waals surface area contributed by atoms with Crippen LogP contribution in [0.4, 0.5) is 0 Å². The molecule has 0 saturated carbocycles. The first-order valence-electron chi connectivity index (χ1n) is 10.8. The van der Waals surface area contributed by atoms with Gasteiger partial charge in [-0.2, -0.15) is 0 Å². The molecular weight excluding hydrogens is 418 g/mol. The highest BCUT2D eigenvalue weighted by atomic mass is 32.2. The summed E-state index contributed by atoms with van der Waals surface area (Å²) < 4.78 is 34.9. The monoisotopic (exact) mass is 445 g/mol. The predicted molar refractivity (Wildman–Crippen MR) is 128 cm³/mol. The van der Waals surface area contributed by atoms with Crippen molar-refractivity contribution < 1.29 is 13.2 Å². The van der Waals surface area contributed by atoms with Crippen LogP contribution in [-0.2, 0) is 14.8 Å². The molecule has 0 radical (unpaired) electrons. The van der Waals surface area contributed by atoms with Crippen LogP contribution in [0.5, 0.6) is 0 Å². The standard InChI is InChI=1S/C27H27NO3S/c1-2-31-27-21-24(23-14-8-4-9-15-23)20-25(19-18-22-12-6-3-7-13-22)28(27)32(29,30)26-16-10-5-11-17-26/h3-20,24,27H,2,21H2,1H3/b19-18-/t24-,27-/m1/s1. The van der Waals surface area contributed by atoms with Crippen molar-refractivity contribution >= 4 is 16.1 Å². The molecule has 1 heterocycles. The molecule has 0 aromatic heterocycles. The normalized spacial score (nSPS) is 19.2. The summed E-state index contributed by atoms with van der Waals surface area (Å²) in [4.78, 5) is 0.252. The number of hydrogen-bond acceptors (Lipinski definition) is 3. The summed E-state index contributed by atoms with van der Waals surface area (Å²) in [7, 11) is -3.80. The van der Waals surface area contributed by atoms with Gasteiger partial charge in [-0.05, 0) is 36.3 Å². The molecule has 0 fully saturated rings. The molecule has 1 aliphatic rings. The lowest BCUT2D eigenvalue weighted by atomic mass is 9.91. The summed E-state index contributed by atoms with van der Waals surface area (Å²) in [5.41, 5.74) is 2.75. The lowest BCUT2D eigenvalue weighted by Gasteiger charge is -2.38.